The van der Waals surface area contributed by atoms with Crippen molar-refractivity contribution in [3.8, 4) is 0 Å². The number of piperazine rings is 1. The SMILES string of the molecule is Cc1nn(CC(=O)N2CCNC(=O)C2C)c(C)c1N. The predicted molar refractivity (Wildman–Crippen MR) is 70.3 cm³/mol. The summed E-state index contributed by atoms with van der Waals surface area (Å²) in [6.45, 7) is 6.49. The molecule has 0 bridgehead atoms. The van der Waals surface area contributed by atoms with Gasteiger partial charge in [0, 0.05) is 13.1 Å². The van der Waals surface area contributed by atoms with E-state index >= 15 is 0 Å². The molecule has 2 rings (SSSR count). The maximum atomic E-state index is 12.2. The molecule has 1 unspecified atom stereocenters. The lowest BCUT2D eigenvalue weighted by atomic mass is 10.2. The topological polar surface area (TPSA) is 93.2 Å². The first kappa shape index (κ1) is 13.4. The molecular weight excluding hydrogens is 246 g/mol. The molecule has 1 aliphatic rings. The highest BCUT2D eigenvalue weighted by Crippen LogP contribution is 2.15. The highest BCUT2D eigenvalue weighted by molar-refractivity contribution is 5.88. The summed E-state index contributed by atoms with van der Waals surface area (Å²) in [6, 6.07) is -0.435. The summed E-state index contributed by atoms with van der Waals surface area (Å²) in [5, 5.41) is 6.96. The number of hydrogen-bond donors (Lipinski definition) is 2. The minimum atomic E-state index is -0.435. The van der Waals surface area contributed by atoms with Crippen LogP contribution in [0, 0.1) is 13.8 Å². The summed E-state index contributed by atoms with van der Waals surface area (Å²) in [7, 11) is 0. The molecule has 2 amide bonds. The van der Waals surface area contributed by atoms with Crippen molar-refractivity contribution in [2.45, 2.75) is 33.4 Å². The second-order valence-corrected chi connectivity index (χ2v) is 4.80. The van der Waals surface area contributed by atoms with Crippen LogP contribution in [0.5, 0.6) is 0 Å². The van der Waals surface area contributed by atoms with Crippen molar-refractivity contribution >= 4 is 17.5 Å². The molecule has 1 aliphatic heterocycles. The fourth-order valence-electron chi connectivity index (χ4n) is 2.21. The molecule has 1 atom stereocenters. The van der Waals surface area contributed by atoms with Gasteiger partial charge in [0.05, 0.1) is 17.1 Å². The number of aryl methyl sites for hydroxylation is 1. The summed E-state index contributed by atoms with van der Waals surface area (Å²) < 4.78 is 1.59. The molecule has 1 saturated heterocycles. The third-order valence-electron chi connectivity index (χ3n) is 3.54. The molecule has 2 heterocycles. The van der Waals surface area contributed by atoms with E-state index in [1.165, 1.54) is 0 Å². The Kier molecular flexibility index (Phi) is 3.46. The standard InChI is InChI=1S/C12H19N5O2/c1-7-11(13)8(2)17(15-7)6-10(18)16-5-4-14-12(19)9(16)3/h9H,4-6,13H2,1-3H3,(H,14,19). The molecule has 19 heavy (non-hydrogen) atoms. The number of hydrogen-bond acceptors (Lipinski definition) is 4. The molecule has 0 spiro atoms. The number of nitrogen functional groups attached to an aromatic ring is 1. The molecule has 7 heteroatoms. The molecule has 104 valence electrons. The molecule has 1 aromatic heterocycles. The van der Waals surface area contributed by atoms with Crippen molar-refractivity contribution in [1.82, 2.24) is 20.0 Å². The van der Waals surface area contributed by atoms with Crippen LogP contribution in [0.15, 0.2) is 0 Å². The van der Waals surface area contributed by atoms with E-state index in [9.17, 15) is 9.59 Å². The van der Waals surface area contributed by atoms with E-state index in [1.807, 2.05) is 6.92 Å². The van der Waals surface area contributed by atoms with Gasteiger partial charge in [-0.1, -0.05) is 0 Å². The number of aromatic nitrogens is 2. The van der Waals surface area contributed by atoms with Crippen LogP contribution in [-0.2, 0) is 16.1 Å². The highest BCUT2D eigenvalue weighted by atomic mass is 16.2. The second-order valence-electron chi connectivity index (χ2n) is 4.80. The van der Waals surface area contributed by atoms with Gasteiger partial charge in [0.1, 0.15) is 12.6 Å². The van der Waals surface area contributed by atoms with Crippen LogP contribution in [0.4, 0.5) is 5.69 Å². The Balaban J connectivity index is 2.12. The van der Waals surface area contributed by atoms with E-state index in [4.69, 9.17) is 5.73 Å². The Bertz CT molecular complexity index is 522. The van der Waals surface area contributed by atoms with E-state index in [0.29, 0.717) is 18.8 Å². The summed E-state index contributed by atoms with van der Waals surface area (Å²) in [5.41, 5.74) is 7.94. The third-order valence-corrected chi connectivity index (χ3v) is 3.54. The smallest absolute Gasteiger partial charge is 0.245 e. The fourth-order valence-corrected chi connectivity index (χ4v) is 2.21. The monoisotopic (exact) mass is 265 g/mol. The van der Waals surface area contributed by atoms with E-state index in [2.05, 4.69) is 10.4 Å². The van der Waals surface area contributed by atoms with Crippen molar-refractivity contribution in [3.63, 3.8) is 0 Å². The summed E-state index contributed by atoms with van der Waals surface area (Å²) in [4.78, 5) is 25.4. The molecule has 3 N–H and O–H groups in total. The Labute approximate surface area is 111 Å². The zero-order valence-corrected chi connectivity index (χ0v) is 11.4. The number of carbonyl (C=O) groups excluding carboxylic acids is 2. The largest absolute Gasteiger partial charge is 0.396 e. The first-order valence-electron chi connectivity index (χ1n) is 6.28. The lowest BCUT2D eigenvalue weighted by Crippen LogP contribution is -2.56. The lowest BCUT2D eigenvalue weighted by molar-refractivity contribution is -0.143. The molecule has 1 fully saturated rings. The van der Waals surface area contributed by atoms with Crippen LogP contribution in [0.2, 0.25) is 0 Å². The average Bonchev–Trinajstić information content (AvgIpc) is 2.60. The van der Waals surface area contributed by atoms with Crippen molar-refractivity contribution in [3.05, 3.63) is 11.4 Å². The van der Waals surface area contributed by atoms with Crippen LogP contribution in [0.25, 0.3) is 0 Å². The number of nitrogens with zero attached hydrogens (tertiary/aromatic N) is 3. The van der Waals surface area contributed by atoms with Crippen molar-refractivity contribution in [1.29, 1.82) is 0 Å². The Morgan fingerprint density at radius 2 is 2.21 bits per heavy atom. The quantitative estimate of drug-likeness (QED) is 0.749. The average molecular weight is 265 g/mol. The number of amides is 2. The fraction of sp³-hybridized carbons (Fsp3) is 0.583. The van der Waals surface area contributed by atoms with Gasteiger partial charge in [-0.25, -0.2) is 0 Å². The van der Waals surface area contributed by atoms with Crippen LogP contribution in [-0.4, -0.2) is 45.6 Å². The number of rotatable bonds is 2. The Morgan fingerprint density at radius 1 is 1.53 bits per heavy atom. The van der Waals surface area contributed by atoms with Crippen LogP contribution < -0.4 is 11.1 Å². The first-order chi connectivity index (χ1) is 8.91. The molecule has 7 nitrogen and oxygen atoms in total. The number of nitrogens with two attached hydrogens (primary N) is 1. The van der Waals surface area contributed by atoms with Gasteiger partial charge in [-0.2, -0.15) is 5.10 Å². The minimum absolute atomic E-state index is 0.113. The summed E-state index contributed by atoms with van der Waals surface area (Å²) in [6.07, 6.45) is 0. The number of anilines is 1. The minimum Gasteiger partial charge on any atom is -0.396 e. The van der Waals surface area contributed by atoms with Crippen LogP contribution in [0.3, 0.4) is 0 Å². The van der Waals surface area contributed by atoms with Gasteiger partial charge in [-0.3, -0.25) is 14.3 Å². The van der Waals surface area contributed by atoms with Gasteiger partial charge in [-0.15, -0.1) is 0 Å². The molecule has 0 aliphatic carbocycles. The Hall–Kier alpha value is -2.05. The normalized spacial score (nSPS) is 19.4. The molecule has 1 aromatic rings. The van der Waals surface area contributed by atoms with Gasteiger partial charge < -0.3 is 16.0 Å². The summed E-state index contributed by atoms with van der Waals surface area (Å²) in [5.74, 6) is -0.236. The van der Waals surface area contributed by atoms with E-state index in [-0.39, 0.29) is 18.4 Å². The van der Waals surface area contributed by atoms with E-state index in [1.54, 1.807) is 23.4 Å². The van der Waals surface area contributed by atoms with Gasteiger partial charge in [0.2, 0.25) is 11.8 Å². The highest BCUT2D eigenvalue weighted by Gasteiger charge is 2.29. The van der Waals surface area contributed by atoms with Crippen molar-refractivity contribution < 1.29 is 9.59 Å². The van der Waals surface area contributed by atoms with Crippen LogP contribution in [0.1, 0.15) is 18.3 Å². The molecule has 0 aromatic carbocycles. The van der Waals surface area contributed by atoms with Gasteiger partial charge in [0.25, 0.3) is 0 Å². The van der Waals surface area contributed by atoms with Gasteiger partial charge >= 0.3 is 0 Å². The second kappa shape index (κ2) is 4.91. The molecular formula is C12H19N5O2. The van der Waals surface area contributed by atoms with Gasteiger partial charge in [0.15, 0.2) is 0 Å². The Morgan fingerprint density at radius 3 is 2.79 bits per heavy atom. The third kappa shape index (κ3) is 2.40. The molecule has 0 saturated carbocycles. The van der Waals surface area contributed by atoms with Gasteiger partial charge in [-0.05, 0) is 20.8 Å². The maximum absolute atomic E-state index is 12.2. The van der Waals surface area contributed by atoms with Crippen LogP contribution >= 0.6 is 0 Å². The predicted octanol–water partition coefficient (Wildman–Crippen LogP) is -0.571. The lowest BCUT2D eigenvalue weighted by Gasteiger charge is -2.32. The summed E-state index contributed by atoms with van der Waals surface area (Å²) >= 11 is 0. The maximum Gasteiger partial charge on any atom is 0.245 e. The zero-order chi connectivity index (χ0) is 14.2. The van der Waals surface area contributed by atoms with Crippen molar-refractivity contribution in [2.24, 2.45) is 0 Å². The first-order valence-corrected chi connectivity index (χ1v) is 6.28. The van der Waals surface area contributed by atoms with Crippen molar-refractivity contribution in [2.75, 3.05) is 18.8 Å². The molecule has 0 radical (unpaired) electrons. The van der Waals surface area contributed by atoms with E-state index < -0.39 is 6.04 Å². The zero-order valence-electron chi connectivity index (χ0n) is 11.4. The number of nitrogens with one attached hydrogen (secondary N) is 1. The van der Waals surface area contributed by atoms with E-state index in [0.717, 1.165) is 11.4 Å². The number of carbonyl (C=O) groups is 2.